The van der Waals surface area contributed by atoms with Gasteiger partial charge in [-0.1, -0.05) is 19.9 Å². The highest BCUT2D eigenvalue weighted by atomic mass is 19.1. The molecule has 36 heavy (non-hydrogen) atoms. The molecule has 196 valence electrons. The van der Waals surface area contributed by atoms with Crippen LogP contribution in [0, 0.1) is 28.5 Å². The summed E-state index contributed by atoms with van der Waals surface area (Å²) in [6, 6.07) is 5.66. The van der Waals surface area contributed by atoms with Crippen molar-refractivity contribution in [1.29, 1.82) is 5.26 Å². The van der Waals surface area contributed by atoms with Crippen LogP contribution >= 0.6 is 0 Å². The van der Waals surface area contributed by atoms with E-state index in [1.165, 1.54) is 6.07 Å². The summed E-state index contributed by atoms with van der Waals surface area (Å²) in [5, 5.41) is 12.5. The van der Waals surface area contributed by atoms with Gasteiger partial charge >= 0.3 is 6.09 Å². The molecular formula is C28H39FN4O3. The standard InChI is InChI=1S/C28H39FN4O3/c1-27(2,3)36-26(35)33-22-9-7-19(15-22)24(33)25(34)31-20(17-30)14-18-6-8-21(16-23(18)29)32-12-10-28(4,5)11-13-32/h6,8,16,19-20,22,24H,7,9-15H2,1-5H3,(H,31,34)/t19-,20-,22+,24-/m0/s1. The lowest BCUT2D eigenvalue weighted by Crippen LogP contribution is -2.55. The number of anilines is 1. The number of fused-ring (bicyclic) bond motifs is 2. The Morgan fingerprint density at radius 1 is 1.25 bits per heavy atom. The minimum absolute atomic E-state index is 0.0218. The first kappa shape index (κ1) is 26.2. The Morgan fingerprint density at radius 2 is 1.94 bits per heavy atom. The summed E-state index contributed by atoms with van der Waals surface area (Å²) in [4.78, 5) is 29.9. The molecule has 4 atom stereocenters. The van der Waals surface area contributed by atoms with Gasteiger partial charge in [0.05, 0.1) is 6.07 Å². The van der Waals surface area contributed by atoms with Crippen LogP contribution in [0.3, 0.4) is 0 Å². The number of carbonyl (C=O) groups is 2. The van der Waals surface area contributed by atoms with Crippen LogP contribution in [0.4, 0.5) is 14.9 Å². The normalized spacial score (nSPS) is 25.9. The van der Waals surface area contributed by atoms with E-state index < -0.39 is 23.8 Å². The maximum absolute atomic E-state index is 15.0. The summed E-state index contributed by atoms with van der Waals surface area (Å²) in [6.07, 6.45) is 4.16. The van der Waals surface area contributed by atoms with Gasteiger partial charge in [-0.15, -0.1) is 0 Å². The Kier molecular flexibility index (Phi) is 7.23. The highest BCUT2D eigenvalue weighted by Crippen LogP contribution is 2.43. The topological polar surface area (TPSA) is 85.7 Å². The third-order valence-corrected chi connectivity index (χ3v) is 7.87. The molecule has 3 aliphatic rings. The Hall–Kier alpha value is -2.82. The van der Waals surface area contributed by atoms with Gasteiger partial charge in [0.2, 0.25) is 5.91 Å². The van der Waals surface area contributed by atoms with Crippen LogP contribution in [-0.2, 0) is 16.0 Å². The summed E-state index contributed by atoms with van der Waals surface area (Å²) in [6.45, 7) is 11.7. The van der Waals surface area contributed by atoms with Crippen molar-refractivity contribution in [2.24, 2.45) is 11.3 Å². The smallest absolute Gasteiger partial charge is 0.411 e. The van der Waals surface area contributed by atoms with Gasteiger partial charge in [-0.05, 0) is 81.9 Å². The molecule has 1 aromatic carbocycles. The number of ether oxygens (including phenoxy) is 1. The van der Waals surface area contributed by atoms with E-state index in [9.17, 15) is 14.9 Å². The molecule has 0 aromatic heterocycles. The van der Waals surface area contributed by atoms with Crippen molar-refractivity contribution in [1.82, 2.24) is 10.2 Å². The molecule has 3 fully saturated rings. The van der Waals surface area contributed by atoms with E-state index in [1.54, 1.807) is 31.7 Å². The third-order valence-electron chi connectivity index (χ3n) is 7.87. The fraction of sp³-hybridized carbons (Fsp3) is 0.679. The van der Waals surface area contributed by atoms with Crippen molar-refractivity contribution >= 4 is 17.7 Å². The fourth-order valence-electron chi connectivity index (χ4n) is 5.78. The Balaban J connectivity index is 1.41. The number of halogens is 1. The number of hydrogen-bond donors (Lipinski definition) is 1. The summed E-state index contributed by atoms with van der Waals surface area (Å²) in [5.74, 6) is -0.692. The average molecular weight is 499 g/mol. The van der Waals surface area contributed by atoms with Crippen molar-refractivity contribution in [3.63, 3.8) is 0 Å². The van der Waals surface area contributed by atoms with E-state index in [-0.39, 0.29) is 30.1 Å². The molecule has 8 heteroatoms. The van der Waals surface area contributed by atoms with E-state index in [0.717, 1.165) is 50.9 Å². The minimum atomic E-state index is -0.895. The molecule has 1 N–H and O–H groups in total. The Morgan fingerprint density at radius 3 is 2.56 bits per heavy atom. The number of piperidine rings is 2. The number of hydrogen-bond acceptors (Lipinski definition) is 5. The summed E-state index contributed by atoms with van der Waals surface area (Å²) < 4.78 is 20.6. The van der Waals surface area contributed by atoms with Gasteiger partial charge < -0.3 is 15.0 Å². The second kappa shape index (κ2) is 9.91. The monoisotopic (exact) mass is 498 g/mol. The maximum atomic E-state index is 15.0. The molecular weight excluding hydrogens is 459 g/mol. The van der Waals surface area contributed by atoms with Crippen molar-refractivity contribution in [2.75, 3.05) is 18.0 Å². The van der Waals surface area contributed by atoms with E-state index in [4.69, 9.17) is 4.74 Å². The van der Waals surface area contributed by atoms with Gasteiger partial charge in [0.15, 0.2) is 0 Å². The molecule has 0 unspecified atom stereocenters. The number of amides is 2. The van der Waals surface area contributed by atoms with E-state index in [0.29, 0.717) is 11.0 Å². The van der Waals surface area contributed by atoms with E-state index >= 15 is 4.39 Å². The van der Waals surface area contributed by atoms with Crippen LogP contribution in [0.5, 0.6) is 0 Å². The van der Waals surface area contributed by atoms with Crippen molar-refractivity contribution in [3.05, 3.63) is 29.6 Å². The minimum Gasteiger partial charge on any atom is -0.444 e. The number of carbonyl (C=O) groups excluding carboxylic acids is 2. The molecule has 1 saturated carbocycles. The quantitative estimate of drug-likeness (QED) is 0.631. The molecule has 1 aliphatic carbocycles. The molecule has 2 saturated heterocycles. The molecule has 4 rings (SSSR count). The summed E-state index contributed by atoms with van der Waals surface area (Å²) >= 11 is 0. The SMILES string of the molecule is CC1(C)CCN(c2ccc(C[C@@H](C#N)NC(=O)[C@@H]3[C@H]4CC[C@H](C4)N3C(=O)OC(C)(C)C)c(F)c2)CC1. The van der Waals surface area contributed by atoms with Crippen molar-refractivity contribution in [2.45, 2.75) is 96.9 Å². The van der Waals surface area contributed by atoms with Crippen molar-refractivity contribution in [3.8, 4) is 6.07 Å². The lowest BCUT2D eigenvalue weighted by molar-refractivity contribution is -0.128. The van der Waals surface area contributed by atoms with Gasteiger partial charge in [0, 0.05) is 31.2 Å². The average Bonchev–Trinajstić information content (AvgIpc) is 3.40. The van der Waals surface area contributed by atoms with Gasteiger partial charge in [-0.2, -0.15) is 5.26 Å². The largest absolute Gasteiger partial charge is 0.444 e. The number of rotatable bonds is 5. The number of nitrogens with zero attached hydrogens (tertiary/aromatic N) is 3. The number of nitriles is 1. The molecule has 2 amide bonds. The van der Waals surface area contributed by atoms with Crippen LogP contribution in [-0.4, -0.2) is 53.7 Å². The van der Waals surface area contributed by atoms with Crippen molar-refractivity contribution < 1.29 is 18.7 Å². The summed E-state index contributed by atoms with van der Waals surface area (Å²) in [5.41, 5.74) is 0.882. The molecule has 7 nitrogen and oxygen atoms in total. The second-order valence-electron chi connectivity index (χ2n) is 12.4. The van der Waals surface area contributed by atoms with Gasteiger partial charge in [0.1, 0.15) is 23.5 Å². The third kappa shape index (κ3) is 5.77. The zero-order valence-electron chi connectivity index (χ0n) is 22.1. The fourth-order valence-corrected chi connectivity index (χ4v) is 5.78. The number of benzene rings is 1. The molecule has 2 bridgehead atoms. The van der Waals surface area contributed by atoms with Gasteiger partial charge in [-0.25, -0.2) is 9.18 Å². The highest BCUT2D eigenvalue weighted by Gasteiger charge is 2.52. The van der Waals surface area contributed by atoms with Gasteiger partial charge in [0.25, 0.3) is 0 Å². The lowest BCUT2D eigenvalue weighted by atomic mass is 9.82. The van der Waals surface area contributed by atoms with Crippen LogP contribution in [0.15, 0.2) is 18.2 Å². The molecule has 0 radical (unpaired) electrons. The first-order valence-corrected chi connectivity index (χ1v) is 13.1. The number of likely N-dealkylation sites (tertiary alicyclic amines) is 1. The first-order valence-electron chi connectivity index (χ1n) is 13.1. The molecule has 2 heterocycles. The van der Waals surface area contributed by atoms with Crippen LogP contribution in [0.1, 0.15) is 72.3 Å². The molecule has 0 spiro atoms. The maximum Gasteiger partial charge on any atom is 0.411 e. The Bertz CT molecular complexity index is 1030. The summed E-state index contributed by atoms with van der Waals surface area (Å²) in [7, 11) is 0. The van der Waals surface area contributed by atoms with E-state index in [2.05, 4.69) is 30.1 Å². The second-order valence-corrected chi connectivity index (χ2v) is 12.4. The zero-order valence-corrected chi connectivity index (χ0v) is 22.1. The predicted molar refractivity (Wildman–Crippen MR) is 136 cm³/mol. The van der Waals surface area contributed by atoms with Gasteiger partial charge in [-0.3, -0.25) is 9.69 Å². The highest BCUT2D eigenvalue weighted by molar-refractivity contribution is 5.87. The molecule has 2 aliphatic heterocycles. The predicted octanol–water partition coefficient (Wildman–Crippen LogP) is 4.79. The number of nitrogens with one attached hydrogen (secondary N) is 1. The first-order chi connectivity index (χ1) is 16.9. The van der Waals surface area contributed by atoms with Crippen LogP contribution in [0.2, 0.25) is 0 Å². The molecule has 1 aromatic rings. The van der Waals surface area contributed by atoms with Crippen LogP contribution in [0.25, 0.3) is 0 Å². The van der Waals surface area contributed by atoms with E-state index in [1.807, 2.05) is 6.07 Å². The Labute approximate surface area is 214 Å². The lowest BCUT2D eigenvalue weighted by Gasteiger charge is -2.38. The zero-order chi connectivity index (χ0) is 26.3. The van der Waals surface area contributed by atoms with Crippen LogP contribution < -0.4 is 10.2 Å².